The van der Waals surface area contributed by atoms with E-state index in [-0.39, 0.29) is 134 Å². The van der Waals surface area contributed by atoms with Gasteiger partial charge in [-0.3, -0.25) is 48.0 Å². The van der Waals surface area contributed by atoms with Crippen LogP contribution in [0.5, 0.6) is 0 Å². The van der Waals surface area contributed by atoms with Crippen molar-refractivity contribution in [3.63, 3.8) is 0 Å². The van der Waals surface area contributed by atoms with E-state index in [4.69, 9.17) is 29.4 Å². The van der Waals surface area contributed by atoms with Crippen LogP contribution in [0.25, 0.3) is 10.9 Å². The van der Waals surface area contributed by atoms with Gasteiger partial charge in [-0.1, -0.05) is 83.1 Å². The van der Waals surface area contributed by atoms with Gasteiger partial charge in [-0.05, 0) is 96.9 Å². The fourth-order valence-corrected chi connectivity index (χ4v) is 11.5. The van der Waals surface area contributed by atoms with Crippen LogP contribution in [0, 0.1) is 12.3 Å². The summed E-state index contributed by atoms with van der Waals surface area (Å²) in [6, 6.07) is 10.2. The summed E-state index contributed by atoms with van der Waals surface area (Å²) in [4.78, 5) is 125. The van der Waals surface area contributed by atoms with Crippen LogP contribution in [-0.2, 0) is 73.3 Å². The van der Waals surface area contributed by atoms with Gasteiger partial charge < -0.3 is 71.0 Å². The largest absolute Gasteiger partial charge is 0.469 e. The topological polar surface area (TPSA) is 354 Å². The summed E-state index contributed by atoms with van der Waals surface area (Å²) in [5, 5.41) is 22.1. The van der Waals surface area contributed by atoms with E-state index in [1.54, 1.807) is 60.6 Å². The van der Waals surface area contributed by atoms with Crippen molar-refractivity contribution < 1.29 is 71.6 Å². The first-order chi connectivity index (χ1) is 45.0. The minimum absolute atomic E-state index is 0.00255. The second-order valence-corrected chi connectivity index (χ2v) is 24.2. The van der Waals surface area contributed by atoms with Gasteiger partial charge in [0.1, 0.15) is 42.3 Å². The first-order valence-electron chi connectivity index (χ1n) is 32.3. The second kappa shape index (κ2) is 40.5. The number of rotatable bonds is 47. The number of halogens is 1. The van der Waals surface area contributed by atoms with E-state index in [1.807, 2.05) is 6.07 Å². The average Bonchev–Trinajstić information content (AvgIpc) is 1.54. The van der Waals surface area contributed by atoms with Crippen LogP contribution in [0.15, 0.2) is 59.5 Å². The summed E-state index contributed by atoms with van der Waals surface area (Å²) in [5.74, 6) is -3.35. The number of benzene rings is 1. The number of hydrogen-bond acceptors (Lipinski definition) is 19. The number of piperidine rings is 1. The molecule has 510 valence electrons. The maximum absolute atomic E-state index is 14.4. The molecule has 7 amide bonds. The summed E-state index contributed by atoms with van der Waals surface area (Å²) >= 11 is 3.36. The molecule has 0 bridgehead atoms. The molecule has 93 heavy (non-hydrogen) atoms. The molecule has 0 spiro atoms. The van der Waals surface area contributed by atoms with Gasteiger partial charge in [-0.25, -0.2) is 9.78 Å². The number of carbonyl (C=O) groups is 9. The molecule has 4 heterocycles. The molecule has 6 rings (SSSR count). The molecule has 1 saturated heterocycles. The number of anilines is 3. The summed E-state index contributed by atoms with van der Waals surface area (Å²) in [7, 11) is 2.67. The lowest BCUT2D eigenvalue weighted by molar-refractivity contribution is -0.145. The molecule has 4 atom stereocenters. The molecule has 1 aliphatic heterocycles. The minimum atomic E-state index is -0.930. The minimum Gasteiger partial charge on any atom is -0.469 e. The molecule has 28 heteroatoms. The molecule has 1 aromatic carbocycles. The zero-order valence-electron chi connectivity index (χ0n) is 53.9. The van der Waals surface area contributed by atoms with Gasteiger partial charge in [-0.15, -0.1) is 0 Å². The number of amides is 7. The number of hydrogen-bond donors (Lipinski definition) is 7. The number of pyridine rings is 2. The number of fused-ring (bicyclic) bond motifs is 2. The number of nitrogens with two attached hydrogens (primary N) is 1. The Hall–Kier alpha value is -7.66. The Labute approximate surface area is 551 Å². The van der Waals surface area contributed by atoms with E-state index in [9.17, 15) is 43.2 Å². The standard InChI is InChI=1S/C65H93BrN12O15/c1-45-22-26-53(66)74-62(45)75-63(86)51-38-65(39-52(65)78(51)58(83)41-77-50-25-23-46(72-47-19-18-28-68-40-47)37-48(50)60(76-77)61(67)85)44-71-57(82)43-93-36-34-91-32-30-70-56(81)42-92-35-33-90-31-29-69-54(79)27-24-49(64(87)89-3)73-55(80)20-16-14-12-10-8-6-4-5-7-9-11-13-15-17-21-59(84)88-2/h18-19,22-23,25-26,28,37,40,49,51-52,72H,4-17,20-21,24,27,29-36,38-39,41-44H2,1-3H3,(H2,67,85)(H,69,79)(H,70,81)(H,71,82)(H,73,80)(H,74,75,86)/t49-,51-,52+,65-/m0/s1. The number of ether oxygens (including phenoxy) is 6. The molecule has 2 aliphatic rings. The Morgan fingerprint density at radius 3 is 1.90 bits per heavy atom. The molecule has 8 N–H and O–H groups in total. The van der Waals surface area contributed by atoms with Crippen LogP contribution in [0.4, 0.5) is 17.2 Å². The fourth-order valence-electron chi connectivity index (χ4n) is 11.1. The lowest BCUT2D eigenvalue weighted by Crippen LogP contribution is -2.47. The Balaban J connectivity index is 0.770. The number of esters is 2. The highest BCUT2D eigenvalue weighted by atomic mass is 79.9. The number of aromatic nitrogens is 4. The highest BCUT2D eigenvalue weighted by Gasteiger charge is 2.67. The predicted molar refractivity (Wildman–Crippen MR) is 349 cm³/mol. The average molecular weight is 1360 g/mol. The Kier molecular flexibility index (Phi) is 32.4. The molecule has 4 aromatic rings. The van der Waals surface area contributed by atoms with Crippen molar-refractivity contribution >= 4 is 97.3 Å². The van der Waals surface area contributed by atoms with Crippen molar-refractivity contribution in [2.45, 2.75) is 160 Å². The van der Waals surface area contributed by atoms with Crippen LogP contribution >= 0.6 is 15.9 Å². The first-order valence-corrected chi connectivity index (χ1v) is 33.1. The quantitative estimate of drug-likeness (QED) is 0.0151. The number of nitrogens with zero attached hydrogens (tertiary/aromatic N) is 5. The van der Waals surface area contributed by atoms with Gasteiger partial charge in [0.25, 0.3) is 5.91 Å². The molecule has 2 fully saturated rings. The number of nitrogens with one attached hydrogen (secondary N) is 6. The number of methoxy groups -OCH3 is 2. The Morgan fingerprint density at radius 1 is 0.677 bits per heavy atom. The van der Waals surface area contributed by atoms with Crippen molar-refractivity contribution in [1.82, 2.24) is 45.9 Å². The highest BCUT2D eigenvalue weighted by molar-refractivity contribution is 9.10. The van der Waals surface area contributed by atoms with Crippen molar-refractivity contribution in [3.8, 4) is 0 Å². The summed E-state index contributed by atoms with van der Waals surface area (Å²) in [6.07, 6.45) is 20.5. The monoisotopic (exact) mass is 1360 g/mol. The Bertz CT molecular complexity index is 3080. The van der Waals surface area contributed by atoms with E-state index in [0.29, 0.717) is 46.3 Å². The molecule has 1 saturated carbocycles. The molecular weight excluding hydrogens is 1270 g/mol. The van der Waals surface area contributed by atoms with Crippen LogP contribution in [0.1, 0.15) is 144 Å². The fraction of sp³-hybridized carbons (Fsp3) is 0.600. The van der Waals surface area contributed by atoms with E-state index < -0.39 is 47.1 Å². The van der Waals surface area contributed by atoms with Gasteiger partial charge in [0.05, 0.1) is 71.3 Å². The van der Waals surface area contributed by atoms with Crippen LogP contribution < -0.4 is 37.6 Å². The number of primary amides is 1. The van der Waals surface area contributed by atoms with Gasteiger partial charge in [0.15, 0.2) is 5.69 Å². The third-order valence-corrected chi connectivity index (χ3v) is 16.7. The van der Waals surface area contributed by atoms with Crippen molar-refractivity contribution in [2.24, 2.45) is 11.1 Å². The zero-order valence-corrected chi connectivity index (χ0v) is 55.5. The SMILES string of the molecule is COC(=O)CCCCCCCCCCCCCCCCC(=O)N[C@@H](CCC(=O)NCCOCCOCC(=O)NCCOCCOCC(=O)NC[C@@]12C[C@@H](C(=O)Nc3nc(Br)ccc3C)N(C(=O)Cn3nc(C(N)=O)c4cc(Nc5cccnc5)ccc43)[C@@H]1C2)C(=O)OC. The van der Waals surface area contributed by atoms with E-state index in [2.05, 4.69) is 67.6 Å². The summed E-state index contributed by atoms with van der Waals surface area (Å²) in [5.41, 5.74) is 7.72. The number of carbonyl (C=O) groups excluding carboxylic acids is 9. The number of unbranched alkanes of at least 4 members (excludes halogenated alkanes) is 13. The smallest absolute Gasteiger partial charge is 0.328 e. The van der Waals surface area contributed by atoms with Crippen molar-refractivity contribution in [2.75, 3.05) is 97.3 Å². The summed E-state index contributed by atoms with van der Waals surface area (Å²) in [6.45, 7) is 2.57. The second-order valence-electron chi connectivity index (χ2n) is 23.4. The van der Waals surface area contributed by atoms with E-state index >= 15 is 0 Å². The predicted octanol–water partition coefficient (Wildman–Crippen LogP) is 6.01. The van der Waals surface area contributed by atoms with Gasteiger partial charge in [0.2, 0.25) is 35.4 Å². The van der Waals surface area contributed by atoms with Gasteiger partial charge >= 0.3 is 11.9 Å². The molecule has 3 aromatic heterocycles. The highest BCUT2D eigenvalue weighted by Crippen LogP contribution is 2.59. The number of likely N-dealkylation sites (tertiary alicyclic amines) is 1. The maximum Gasteiger partial charge on any atom is 0.328 e. The summed E-state index contributed by atoms with van der Waals surface area (Å²) < 4.78 is 33.4. The molecule has 0 unspecified atom stereocenters. The molecule has 1 aliphatic carbocycles. The van der Waals surface area contributed by atoms with Gasteiger partial charge in [0, 0.05) is 67.6 Å². The van der Waals surface area contributed by atoms with E-state index in [1.165, 1.54) is 70.3 Å². The maximum atomic E-state index is 14.4. The zero-order chi connectivity index (χ0) is 66.8. The third kappa shape index (κ3) is 26.0. The number of aryl methyl sites for hydroxylation is 1. The third-order valence-electron chi connectivity index (χ3n) is 16.3. The lowest BCUT2D eigenvalue weighted by Gasteiger charge is -2.27. The van der Waals surface area contributed by atoms with E-state index in [0.717, 1.165) is 49.8 Å². The van der Waals surface area contributed by atoms with Gasteiger partial charge in [-0.2, -0.15) is 5.10 Å². The molecule has 27 nitrogen and oxygen atoms in total. The van der Waals surface area contributed by atoms with Crippen molar-refractivity contribution in [3.05, 3.63) is 70.7 Å². The first kappa shape index (κ1) is 74.4. The van der Waals surface area contributed by atoms with Crippen molar-refractivity contribution in [1.29, 1.82) is 0 Å². The van der Waals surface area contributed by atoms with Crippen LogP contribution in [0.3, 0.4) is 0 Å². The van der Waals surface area contributed by atoms with Crippen LogP contribution in [0.2, 0.25) is 0 Å². The Morgan fingerprint density at radius 2 is 1.29 bits per heavy atom. The normalized spacial score (nSPS) is 15.8. The molecular formula is C65H93BrN12O15. The molecule has 0 radical (unpaired) electrons. The lowest BCUT2D eigenvalue weighted by atomic mass is 9.99. The van der Waals surface area contributed by atoms with Crippen LogP contribution in [-0.4, -0.2) is 183 Å².